The molecule has 0 spiro atoms. The van der Waals surface area contributed by atoms with E-state index in [4.69, 9.17) is 10.5 Å². The van der Waals surface area contributed by atoms with Crippen LogP contribution in [0.5, 0.6) is 5.88 Å². The quantitative estimate of drug-likeness (QED) is 0.906. The lowest BCUT2D eigenvalue weighted by molar-refractivity contribution is -0.119. The normalized spacial score (nSPS) is 11.7. The highest BCUT2D eigenvalue weighted by Gasteiger charge is 2.30. The van der Waals surface area contributed by atoms with Crippen LogP contribution in [0.25, 0.3) is 0 Å². The van der Waals surface area contributed by atoms with Gasteiger partial charge in [-0.2, -0.15) is 18.2 Å². The predicted octanol–water partition coefficient (Wildman–Crippen LogP) is 2.45. The molecule has 4 nitrogen and oxygen atoms in total. The van der Waals surface area contributed by atoms with Gasteiger partial charge in [-0.1, -0.05) is 0 Å². The number of hydrogen-bond donors (Lipinski definition) is 1. The molecule has 1 rings (SSSR count). The van der Waals surface area contributed by atoms with Crippen LogP contribution in [0.2, 0.25) is 0 Å². The summed E-state index contributed by atoms with van der Waals surface area (Å²) in [5, 5.41) is 0. The van der Waals surface area contributed by atoms with E-state index in [0.29, 0.717) is 5.69 Å². The maximum absolute atomic E-state index is 12.3. The molecule has 0 saturated carbocycles. The Morgan fingerprint density at radius 1 is 1.39 bits per heavy atom. The largest absolute Gasteiger partial charge is 0.473 e. The zero-order valence-electron chi connectivity index (χ0n) is 10.5. The molecule has 0 aromatic carbocycles. The number of halogens is 3. The number of nitrogens with two attached hydrogens (primary N) is 1. The molecule has 0 amide bonds. The van der Waals surface area contributed by atoms with Crippen molar-refractivity contribution in [3.05, 3.63) is 12.1 Å². The predicted molar refractivity (Wildman–Crippen MR) is 63.7 cm³/mol. The average molecular weight is 263 g/mol. The van der Waals surface area contributed by atoms with Gasteiger partial charge in [0.2, 0.25) is 5.88 Å². The monoisotopic (exact) mass is 263 g/mol. The molecule has 0 aliphatic rings. The number of alkyl halides is 3. The summed E-state index contributed by atoms with van der Waals surface area (Å²) in [6, 6.07) is 2.90. The van der Waals surface area contributed by atoms with Crippen LogP contribution in [0.3, 0.4) is 0 Å². The zero-order chi connectivity index (χ0) is 13.9. The molecule has 1 aromatic rings. The molecule has 0 unspecified atom stereocenters. The molecule has 0 atom stereocenters. The smallest absolute Gasteiger partial charge is 0.405 e. The van der Waals surface area contributed by atoms with Crippen molar-refractivity contribution in [3.63, 3.8) is 0 Å². The lowest BCUT2D eigenvalue weighted by Crippen LogP contribution is -2.31. The first-order chi connectivity index (χ1) is 8.19. The molecule has 7 heteroatoms. The summed E-state index contributed by atoms with van der Waals surface area (Å²) in [7, 11) is 1.31. The van der Waals surface area contributed by atoms with Gasteiger partial charge in [0.15, 0.2) is 0 Å². The van der Waals surface area contributed by atoms with Crippen molar-refractivity contribution in [1.82, 2.24) is 4.98 Å². The number of hydrogen-bond acceptors (Lipinski definition) is 4. The zero-order valence-corrected chi connectivity index (χ0v) is 10.5. The van der Waals surface area contributed by atoms with Crippen molar-refractivity contribution < 1.29 is 17.9 Å². The lowest BCUT2D eigenvalue weighted by atomic mass is 10.3. The van der Waals surface area contributed by atoms with E-state index in [2.05, 4.69) is 4.98 Å². The van der Waals surface area contributed by atoms with Gasteiger partial charge in [0, 0.05) is 7.05 Å². The Balaban J connectivity index is 2.90. The van der Waals surface area contributed by atoms with Crippen LogP contribution in [0, 0.1) is 0 Å². The van der Waals surface area contributed by atoms with E-state index in [1.807, 2.05) is 0 Å². The number of nitrogen functional groups attached to an aromatic ring is 1. The van der Waals surface area contributed by atoms with E-state index >= 15 is 0 Å². The number of aromatic nitrogens is 1. The third-order valence-corrected chi connectivity index (χ3v) is 2.03. The highest BCUT2D eigenvalue weighted by molar-refractivity contribution is 5.54. The van der Waals surface area contributed by atoms with E-state index < -0.39 is 12.7 Å². The van der Waals surface area contributed by atoms with Crippen LogP contribution < -0.4 is 15.4 Å². The van der Waals surface area contributed by atoms with Gasteiger partial charge in [-0.3, -0.25) is 0 Å². The second-order valence-corrected chi connectivity index (χ2v) is 4.20. The number of nitrogens with zero attached hydrogens (tertiary/aromatic N) is 2. The third kappa shape index (κ3) is 4.31. The van der Waals surface area contributed by atoms with Gasteiger partial charge >= 0.3 is 6.18 Å². The Morgan fingerprint density at radius 2 is 2.00 bits per heavy atom. The van der Waals surface area contributed by atoms with Gasteiger partial charge in [0.1, 0.15) is 12.4 Å². The second kappa shape index (κ2) is 5.32. The molecule has 1 aromatic heterocycles. The molecular weight excluding hydrogens is 247 g/mol. The Kier molecular flexibility index (Phi) is 4.26. The van der Waals surface area contributed by atoms with Gasteiger partial charge in [-0.25, -0.2) is 0 Å². The van der Waals surface area contributed by atoms with Crippen molar-refractivity contribution >= 4 is 11.5 Å². The van der Waals surface area contributed by atoms with Crippen LogP contribution in [-0.2, 0) is 0 Å². The fraction of sp³-hybridized carbons (Fsp3) is 0.545. The minimum absolute atomic E-state index is 0.150. The number of pyridine rings is 1. The topological polar surface area (TPSA) is 51.4 Å². The number of rotatable bonds is 4. The fourth-order valence-corrected chi connectivity index (χ4v) is 1.32. The van der Waals surface area contributed by atoms with Gasteiger partial charge in [0.25, 0.3) is 0 Å². The number of anilines is 2. The Hall–Kier alpha value is -1.66. The van der Waals surface area contributed by atoms with Gasteiger partial charge in [0.05, 0.1) is 11.8 Å². The molecule has 0 aliphatic heterocycles. The highest BCUT2D eigenvalue weighted by atomic mass is 19.4. The SMILES string of the molecule is CC(C)Oc1nc(N(C)CC(F)(F)F)ccc1N. The lowest BCUT2D eigenvalue weighted by Gasteiger charge is -2.21. The highest BCUT2D eigenvalue weighted by Crippen LogP contribution is 2.25. The summed E-state index contributed by atoms with van der Waals surface area (Å²) in [5.41, 5.74) is 5.94. The summed E-state index contributed by atoms with van der Waals surface area (Å²) in [5.74, 6) is 0.314. The summed E-state index contributed by atoms with van der Waals surface area (Å²) in [4.78, 5) is 4.97. The van der Waals surface area contributed by atoms with Gasteiger partial charge < -0.3 is 15.4 Å². The van der Waals surface area contributed by atoms with Crippen molar-refractivity contribution in [2.75, 3.05) is 24.2 Å². The molecule has 0 radical (unpaired) electrons. The second-order valence-electron chi connectivity index (χ2n) is 4.20. The Morgan fingerprint density at radius 3 is 2.50 bits per heavy atom. The van der Waals surface area contributed by atoms with Crippen molar-refractivity contribution in [1.29, 1.82) is 0 Å². The minimum Gasteiger partial charge on any atom is -0.473 e. The van der Waals surface area contributed by atoms with Crippen LogP contribution in [0.4, 0.5) is 24.7 Å². The standard InChI is InChI=1S/C11H16F3N3O/c1-7(2)18-10-8(15)4-5-9(16-10)17(3)6-11(12,13)14/h4-5,7H,6,15H2,1-3H3. The maximum atomic E-state index is 12.3. The molecule has 102 valence electrons. The maximum Gasteiger partial charge on any atom is 0.405 e. The Bertz CT molecular complexity index is 407. The van der Waals surface area contributed by atoms with E-state index in [-0.39, 0.29) is 17.8 Å². The van der Waals surface area contributed by atoms with E-state index in [1.165, 1.54) is 19.2 Å². The molecule has 0 saturated heterocycles. The van der Waals surface area contributed by atoms with E-state index in [0.717, 1.165) is 4.90 Å². The van der Waals surface area contributed by atoms with Gasteiger partial charge in [-0.05, 0) is 26.0 Å². The summed E-state index contributed by atoms with van der Waals surface area (Å²) in [6.45, 7) is 2.49. The van der Waals surface area contributed by atoms with Crippen LogP contribution in [-0.4, -0.2) is 30.9 Å². The molecule has 0 aliphatic carbocycles. The molecule has 18 heavy (non-hydrogen) atoms. The molecule has 0 bridgehead atoms. The first kappa shape index (κ1) is 14.4. The summed E-state index contributed by atoms with van der Waals surface area (Å²) >= 11 is 0. The van der Waals surface area contributed by atoms with E-state index in [9.17, 15) is 13.2 Å². The van der Waals surface area contributed by atoms with Crippen LogP contribution >= 0.6 is 0 Å². The summed E-state index contributed by atoms with van der Waals surface area (Å²) in [6.07, 6.45) is -4.43. The molecule has 2 N–H and O–H groups in total. The van der Waals surface area contributed by atoms with Gasteiger partial charge in [-0.15, -0.1) is 0 Å². The first-order valence-corrected chi connectivity index (χ1v) is 5.40. The van der Waals surface area contributed by atoms with Crippen molar-refractivity contribution in [3.8, 4) is 5.88 Å². The average Bonchev–Trinajstić information content (AvgIpc) is 2.17. The fourth-order valence-electron chi connectivity index (χ4n) is 1.32. The molecular formula is C11H16F3N3O. The van der Waals surface area contributed by atoms with Crippen LogP contribution in [0.1, 0.15) is 13.8 Å². The van der Waals surface area contributed by atoms with Crippen molar-refractivity contribution in [2.24, 2.45) is 0 Å². The summed E-state index contributed by atoms with van der Waals surface area (Å²) < 4.78 is 42.1. The van der Waals surface area contributed by atoms with Crippen molar-refractivity contribution in [2.45, 2.75) is 26.1 Å². The number of ether oxygens (including phenoxy) is 1. The minimum atomic E-state index is -4.28. The molecule has 0 fully saturated rings. The van der Waals surface area contributed by atoms with E-state index in [1.54, 1.807) is 13.8 Å². The third-order valence-electron chi connectivity index (χ3n) is 2.03. The van der Waals surface area contributed by atoms with Crippen LogP contribution in [0.15, 0.2) is 12.1 Å². The Labute approximate surface area is 104 Å². The molecule has 1 heterocycles. The first-order valence-electron chi connectivity index (χ1n) is 5.40.